The van der Waals surface area contributed by atoms with Gasteiger partial charge in [0.15, 0.2) is 11.5 Å². The van der Waals surface area contributed by atoms with Crippen molar-refractivity contribution in [3.63, 3.8) is 0 Å². The molecule has 0 aromatic heterocycles. The Morgan fingerprint density at radius 1 is 1.00 bits per heavy atom. The fourth-order valence-corrected chi connectivity index (χ4v) is 3.81. The molecule has 0 radical (unpaired) electrons. The molecule has 1 aromatic carbocycles. The Hall–Kier alpha value is -2.44. The molecule has 11 nitrogen and oxygen atoms in total. The number of hydrazine groups is 1. The number of rotatable bonds is 4. The van der Waals surface area contributed by atoms with Crippen LogP contribution in [-0.4, -0.2) is 106 Å². The van der Waals surface area contributed by atoms with Crippen LogP contribution in [0.25, 0.3) is 0 Å². The van der Waals surface area contributed by atoms with Crippen molar-refractivity contribution in [2.75, 3.05) is 27.9 Å². The number of carbonyl (C=O) groups is 2. The highest BCUT2D eigenvalue weighted by Crippen LogP contribution is 2.41. The molecule has 0 spiro atoms. The maximum absolute atomic E-state index is 12.4. The standard InChI is InChI=1S/C18H25N3O8/c1-19(7-22)18(27)21(3)20(2)13-12(14(23)16(25)17(26)15(13)24)9-4-5-10-11(6-9)29-8-28-10/h4-7,12-17,23-26H,8H2,1-3H3/t12?,13-,14?,15?,16+,17?/m1/s1. The van der Waals surface area contributed by atoms with Gasteiger partial charge in [0.25, 0.3) is 0 Å². The van der Waals surface area contributed by atoms with E-state index in [4.69, 9.17) is 9.47 Å². The van der Waals surface area contributed by atoms with E-state index in [1.54, 1.807) is 18.2 Å². The zero-order valence-corrected chi connectivity index (χ0v) is 16.2. The van der Waals surface area contributed by atoms with Crippen LogP contribution in [0.5, 0.6) is 11.5 Å². The third-order valence-electron chi connectivity index (χ3n) is 5.56. The van der Waals surface area contributed by atoms with Crippen LogP contribution in [0.15, 0.2) is 18.2 Å². The number of likely N-dealkylation sites (N-methyl/N-ethyl adjacent to an activating group) is 1. The molecule has 2 aliphatic rings. The summed E-state index contributed by atoms with van der Waals surface area (Å²) < 4.78 is 10.6. The summed E-state index contributed by atoms with van der Waals surface area (Å²) in [5.74, 6) is 0.0565. The maximum atomic E-state index is 12.4. The Labute approximate surface area is 167 Å². The highest BCUT2D eigenvalue weighted by molar-refractivity contribution is 5.83. The van der Waals surface area contributed by atoms with E-state index in [1.807, 2.05) is 0 Å². The normalized spacial score (nSPS) is 30.9. The SMILES string of the molecule is CN(C=O)C(=O)N(C)N(C)[C@H]1C(O)C(O)[C@@H](O)C(O)C1c1ccc2c(c1)OCO2. The molecular formula is C18H25N3O8. The number of carbonyl (C=O) groups excluding carboxylic acids is 2. The number of imide groups is 1. The highest BCUT2D eigenvalue weighted by atomic mass is 16.7. The molecule has 3 rings (SSSR count). The Morgan fingerprint density at radius 3 is 2.28 bits per heavy atom. The van der Waals surface area contributed by atoms with Crippen molar-refractivity contribution in [1.29, 1.82) is 0 Å². The second-order valence-electron chi connectivity index (χ2n) is 7.19. The first-order chi connectivity index (χ1) is 13.7. The second-order valence-corrected chi connectivity index (χ2v) is 7.19. The second kappa shape index (κ2) is 8.13. The number of aliphatic hydroxyl groups excluding tert-OH is 4. The number of hydrogen-bond acceptors (Lipinski definition) is 9. The molecule has 0 bridgehead atoms. The summed E-state index contributed by atoms with van der Waals surface area (Å²) in [5.41, 5.74) is 0.508. The molecule has 1 aliphatic carbocycles. The van der Waals surface area contributed by atoms with Crippen LogP contribution in [-0.2, 0) is 4.79 Å². The number of urea groups is 1. The van der Waals surface area contributed by atoms with Gasteiger partial charge in [-0.2, -0.15) is 0 Å². The van der Waals surface area contributed by atoms with Crippen molar-refractivity contribution < 1.29 is 39.5 Å². The van der Waals surface area contributed by atoms with Gasteiger partial charge in [0.05, 0.1) is 12.1 Å². The summed E-state index contributed by atoms with van der Waals surface area (Å²) in [6, 6.07) is 3.21. The zero-order chi connectivity index (χ0) is 21.5. The highest BCUT2D eigenvalue weighted by Gasteiger charge is 2.52. The fourth-order valence-electron chi connectivity index (χ4n) is 3.81. The van der Waals surface area contributed by atoms with Crippen LogP contribution < -0.4 is 9.47 Å². The van der Waals surface area contributed by atoms with E-state index in [9.17, 15) is 30.0 Å². The van der Waals surface area contributed by atoms with Crippen molar-refractivity contribution in [2.24, 2.45) is 0 Å². The van der Waals surface area contributed by atoms with Gasteiger partial charge in [-0.1, -0.05) is 6.07 Å². The largest absolute Gasteiger partial charge is 0.454 e. The monoisotopic (exact) mass is 411 g/mol. The predicted molar refractivity (Wildman–Crippen MR) is 97.9 cm³/mol. The molecule has 160 valence electrons. The van der Waals surface area contributed by atoms with Gasteiger partial charge in [0.2, 0.25) is 13.2 Å². The van der Waals surface area contributed by atoms with Crippen LogP contribution in [0.3, 0.4) is 0 Å². The minimum absolute atomic E-state index is 0.0502. The molecule has 3 amide bonds. The Balaban J connectivity index is 2.00. The summed E-state index contributed by atoms with van der Waals surface area (Å²) in [4.78, 5) is 24.1. The quantitative estimate of drug-likeness (QED) is 0.337. The lowest BCUT2D eigenvalue weighted by molar-refractivity contribution is -0.189. The van der Waals surface area contributed by atoms with E-state index in [-0.39, 0.29) is 6.79 Å². The summed E-state index contributed by atoms with van der Waals surface area (Å²) in [5, 5.41) is 44.3. The van der Waals surface area contributed by atoms with E-state index >= 15 is 0 Å². The third kappa shape index (κ3) is 3.63. The minimum atomic E-state index is -1.64. The first kappa shape index (κ1) is 21.3. The lowest BCUT2D eigenvalue weighted by Crippen LogP contribution is -2.67. The first-order valence-corrected chi connectivity index (χ1v) is 8.99. The van der Waals surface area contributed by atoms with Gasteiger partial charge in [0, 0.05) is 27.1 Å². The van der Waals surface area contributed by atoms with Crippen LogP contribution in [0, 0.1) is 0 Å². The first-order valence-electron chi connectivity index (χ1n) is 8.99. The molecule has 4 unspecified atom stereocenters. The van der Waals surface area contributed by atoms with Gasteiger partial charge in [-0.15, -0.1) is 0 Å². The summed E-state index contributed by atoms with van der Waals surface area (Å²) in [6.07, 6.45) is -5.87. The lowest BCUT2D eigenvalue weighted by atomic mass is 9.73. The van der Waals surface area contributed by atoms with Crippen LogP contribution in [0.1, 0.15) is 11.5 Å². The molecule has 0 saturated heterocycles. The number of ether oxygens (including phenoxy) is 2. The summed E-state index contributed by atoms with van der Waals surface area (Å²) in [6.45, 7) is 0.0502. The van der Waals surface area contributed by atoms with Gasteiger partial charge in [-0.3, -0.25) is 14.7 Å². The van der Waals surface area contributed by atoms with E-state index in [2.05, 4.69) is 0 Å². The Morgan fingerprint density at radius 2 is 1.62 bits per heavy atom. The fraction of sp³-hybridized carbons (Fsp3) is 0.556. The number of amides is 3. The van der Waals surface area contributed by atoms with Crippen LogP contribution in [0.4, 0.5) is 4.79 Å². The van der Waals surface area contributed by atoms with Gasteiger partial charge in [-0.05, 0) is 17.7 Å². The molecule has 11 heteroatoms. The van der Waals surface area contributed by atoms with Crippen molar-refractivity contribution >= 4 is 12.4 Å². The zero-order valence-electron chi connectivity index (χ0n) is 16.2. The minimum Gasteiger partial charge on any atom is -0.454 e. The average Bonchev–Trinajstić information content (AvgIpc) is 3.20. The van der Waals surface area contributed by atoms with Gasteiger partial charge < -0.3 is 29.9 Å². The van der Waals surface area contributed by atoms with Crippen LogP contribution in [0.2, 0.25) is 0 Å². The van der Waals surface area contributed by atoms with Crippen LogP contribution >= 0.6 is 0 Å². The molecule has 1 heterocycles. The summed E-state index contributed by atoms with van der Waals surface area (Å²) >= 11 is 0. The topological polar surface area (TPSA) is 143 Å². The predicted octanol–water partition coefficient (Wildman–Crippen LogP) is -1.69. The van der Waals surface area contributed by atoms with Gasteiger partial charge >= 0.3 is 6.03 Å². The van der Waals surface area contributed by atoms with E-state index < -0.39 is 42.4 Å². The number of nitrogens with zero attached hydrogens (tertiary/aromatic N) is 3. The average molecular weight is 411 g/mol. The Kier molecular flexibility index (Phi) is 5.96. The number of hydrogen-bond donors (Lipinski definition) is 4. The summed E-state index contributed by atoms with van der Waals surface area (Å²) in [7, 11) is 4.14. The third-order valence-corrected chi connectivity index (χ3v) is 5.56. The van der Waals surface area contributed by atoms with Crippen molar-refractivity contribution in [1.82, 2.24) is 14.9 Å². The molecule has 1 saturated carbocycles. The van der Waals surface area contributed by atoms with Crippen molar-refractivity contribution in [2.45, 2.75) is 36.4 Å². The molecule has 29 heavy (non-hydrogen) atoms. The molecular weight excluding hydrogens is 386 g/mol. The molecule has 1 aromatic rings. The molecule has 6 atom stereocenters. The van der Waals surface area contributed by atoms with Crippen molar-refractivity contribution in [3.05, 3.63) is 23.8 Å². The molecule has 1 fully saturated rings. The van der Waals surface area contributed by atoms with E-state index in [0.717, 1.165) is 9.91 Å². The molecule has 4 N–H and O–H groups in total. The number of fused-ring (bicyclic) bond motifs is 1. The maximum Gasteiger partial charge on any atom is 0.340 e. The smallest absolute Gasteiger partial charge is 0.340 e. The van der Waals surface area contributed by atoms with Gasteiger partial charge in [-0.25, -0.2) is 9.80 Å². The number of benzene rings is 1. The van der Waals surface area contributed by atoms with Crippen molar-refractivity contribution in [3.8, 4) is 11.5 Å². The number of aliphatic hydroxyl groups is 4. The van der Waals surface area contributed by atoms with E-state index in [0.29, 0.717) is 23.5 Å². The molecule has 1 aliphatic heterocycles. The van der Waals surface area contributed by atoms with E-state index in [1.165, 1.54) is 26.2 Å². The van der Waals surface area contributed by atoms with Gasteiger partial charge in [0.1, 0.15) is 18.3 Å². The Bertz CT molecular complexity index is 777. The lowest BCUT2D eigenvalue weighted by Gasteiger charge is -2.49.